The minimum Gasteiger partial charge on any atom is -0.493 e. The molecule has 0 radical (unpaired) electrons. The molecular formula is C35H40N4O6S. The molecule has 3 aromatic carbocycles. The number of ether oxygens (including phenoxy) is 1. The fraction of sp³-hybridized carbons (Fsp3) is 0.343. The van der Waals surface area contributed by atoms with Gasteiger partial charge in [-0.15, -0.1) is 0 Å². The lowest BCUT2D eigenvalue weighted by atomic mass is 9.80. The SMILES string of the molecule is Cc1cccc(OCCCC(=O)N2C[C@H](C)C(C)c3c(-c4cnn(Cc5cccc(C(=O)NCS(=O)(=O)O)c5)c4)cccc32)c1C. The largest absolute Gasteiger partial charge is 0.493 e. The number of nitrogens with zero attached hydrogens (tertiary/aromatic N) is 3. The zero-order chi connectivity index (χ0) is 33.0. The van der Waals surface area contributed by atoms with E-state index in [4.69, 9.17) is 9.29 Å². The molecule has 10 nitrogen and oxygen atoms in total. The lowest BCUT2D eigenvalue weighted by Crippen LogP contribution is -2.40. The zero-order valence-corrected chi connectivity index (χ0v) is 27.4. The van der Waals surface area contributed by atoms with Crippen LogP contribution < -0.4 is 15.0 Å². The number of hydrogen-bond donors (Lipinski definition) is 2. The maximum Gasteiger partial charge on any atom is 0.283 e. The molecular weight excluding hydrogens is 604 g/mol. The number of fused-ring (bicyclic) bond motifs is 1. The average molecular weight is 645 g/mol. The number of hydrogen-bond acceptors (Lipinski definition) is 6. The fourth-order valence-electron chi connectivity index (χ4n) is 5.85. The van der Waals surface area contributed by atoms with Gasteiger partial charge < -0.3 is 15.0 Å². The van der Waals surface area contributed by atoms with Gasteiger partial charge in [0.2, 0.25) is 5.91 Å². The van der Waals surface area contributed by atoms with E-state index in [9.17, 15) is 18.0 Å². The summed E-state index contributed by atoms with van der Waals surface area (Å²) in [5, 5.41) is 6.77. The average Bonchev–Trinajstić information content (AvgIpc) is 3.49. The molecule has 46 heavy (non-hydrogen) atoms. The smallest absolute Gasteiger partial charge is 0.283 e. The van der Waals surface area contributed by atoms with Crippen LogP contribution in [0.5, 0.6) is 5.75 Å². The standard InChI is InChI=1S/C35H40N4O6S/c1-23-9-5-14-32(25(23)3)45-16-8-15-33(40)39-19-24(2)26(4)34-30(12-7-13-31(34)39)29-18-37-38(21-29)20-27-10-6-11-28(17-27)35(41)36-22-46(42,43)44/h5-7,9-14,17-18,21,24,26H,8,15-16,19-20,22H2,1-4H3,(H,36,41)(H,42,43,44)/t24-,26?/m0/s1. The molecule has 0 saturated heterocycles. The van der Waals surface area contributed by atoms with Crippen LogP contribution in [0.2, 0.25) is 0 Å². The number of carbonyl (C=O) groups is 2. The van der Waals surface area contributed by atoms with Crippen molar-refractivity contribution in [3.63, 3.8) is 0 Å². The molecule has 5 rings (SSSR count). The fourth-order valence-corrected chi connectivity index (χ4v) is 6.16. The van der Waals surface area contributed by atoms with E-state index in [2.05, 4.69) is 43.3 Å². The molecule has 2 heterocycles. The van der Waals surface area contributed by atoms with Crippen LogP contribution in [0.3, 0.4) is 0 Å². The van der Waals surface area contributed by atoms with Crippen molar-refractivity contribution >= 4 is 27.6 Å². The number of aromatic nitrogens is 2. The van der Waals surface area contributed by atoms with Crippen molar-refractivity contribution in [2.75, 3.05) is 23.9 Å². The maximum atomic E-state index is 13.5. The summed E-state index contributed by atoms with van der Waals surface area (Å²) in [5.74, 6) is -0.0390. The van der Waals surface area contributed by atoms with Gasteiger partial charge in [-0.1, -0.05) is 50.2 Å². The Bertz CT molecular complexity index is 1850. The summed E-state index contributed by atoms with van der Waals surface area (Å²) < 4.78 is 38.7. The lowest BCUT2D eigenvalue weighted by molar-refractivity contribution is -0.119. The van der Waals surface area contributed by atoms with Crippen LogP contribution in [0.4, 0.5) is 5.69 Å². The number of anilines is 1. The topological polar surface area (TPSA) is 131 Å². The van der Waals surface area contributed by atoms with E-state index < -0.39 is 21.9 Å². The lowest BCUT2D eigenvalue weighted by Gasteiger charge is -2.38. The van der Waals surface area contributed by atoms with Crippen molar-refractivity contribution < 1.29 is 27.3 Å². The van der Waals surface area contributed by atoms with Gasteiger partial charge in [0.15, 0.2) is 0 Å². The van der Waals surface area contributed by atoms with Gasteiger partial charge in [0.25, 0.3) is 16.0 Å². The third kappa shape index (κ3) is 7.66. The Kier molecular flexibility index (Phi) is 9.93. The van der Waals surface area contributed by atoms with Gasteiger partial charge in [-0.2, -0.15) is 13.5 Å². The van der Waals surface area contributed by atoms with Gasteiger partial charge in [0.05, 0.1) is 19.3 Å². The zero-order valence-electron chi connectivity index (χ0n) is 26.6. The minimum absolute atomic E-state index is 0.0814. The van der Waals surface area contributed by atoms with E-state index in [0.29, 0.717) is 32.5 Å². The van der Waals surface area contributed by atoms with Crippen LogP contribution >= 0.6 is 0 Å². The number of rotatable bonds is 11. The first-order chi connectivity index (χ1) is 21.9. The molecule has 0 saturated carbocycles. The van der Waals surface area contributed by atoms with E-state index in [1.54, 1.807) is 29.1 Å². The Balaban J connectivity index is 1.29. The second-order valence-electron chi connectivity index (χ2n) is 12.0. The molecule has 2 amide bonds. The monoisotopic (exact) mass is 644 g/mol. The highest BCUT2D eigenvalue weighted by Crippen LogP contribution is 2.44. The number of amides is 2. The molecule has 1 aliphatic rings. The van der Waals surface area contributed by atoms with Crippen molar-refractivity contribution in [1.82, 2.24) is 15.1 Å². The van der Waals surface area contributed by atoms with Crippen molar-refractivity contribution in [1.29, 1.82) is 0 Å². The predicted octanol–water partition coefficient (Wildman–Crippen LogP) is 5.74. The summed E-state index contributed by atoms with van der Waals surface area (Å²) in [6.45, 7) is 9.99. The molecule has 1 unspecified atom stereocenters. The van der Waals surface area contributed by atoms with Crippen LogP contribution in [0.15, 0.2) is 73.1 Å². The maximum absolute atomic E-state index is 13.5. The first-order valence-electron chi connectivity index (χ1n) is 15.4. The molecule has 1 aliphatic heterocycles. The van der Waals surface area contributed by atoms with Crippen LogP contribution in [-0.4, -0.2) is 53.6 Å². The molecule has 0 bridgehead atoms. The first-order valence-corrected chi connectivity index (χ1v) is 17.0. The highest BCUT2D eigenvalue weighted by Gasteiger charge is 2.33. The van der Waals surface area contributed by atoms with Gasteiger partial charge in [-0.25, -0.2) is 0 Å². The summed E-state index contributed by atoms with van der Waals surface area (Å²) in [6, 6.07) is 18.9. The summed E-state index contributed by atoms with van der Waals surface area (Å²) >= 11 is 0. The molecule has 4 aromatic rings. The van der Waals surface area contributed by atoms with E-state index in [1.165, 1.54) is 5.56 Å². The van der Waals surface area contributed by atoms with Gasteiger partial charge in [0.1, 0.15) is 11.6 Å². The normalized spacial score (nSPS) is 16.2. The van der Waals surface area contributed by atoms with Crippen molar-refractivity contribution in [3.8, 4) is 16.9 Å². The van der Waals surface area contributed by atoms with Crippen molar-refractivity contribution in [2.24, 2.45) is 5.92 Å². The number of nitrogens with one attached hydrogen (secondary N) is 1. The van der Waals surface area contributed by atoms with Crippen molar-refractivity contribution in [3.05, 3.63) is 101 Å². The summed E-state index contributed by atoms with van der Waals surface area (Å²) in [6.07, 6.45) is 4.77. The summed E-state index contributed by atoms with van der Waals surface area (Å²) in [5.41, 5.74) is 7.37. The predicted molar refractivity (Wildman–Crippen MR) is 178 cm³/mol. The Labute approximate surface area is 270 Å². The molecule has 11 heteroatoms. The Hall–Kier alpha value is -4.48. The molecule has 0 fully saturated rings. The minimum atomic E-state index is -4.32. The molecule has 1 aromatic heterocycles. The molecule has 0 spiro atoms. The van der Waals surface area contributed by atoms with Crippen LogP contribution in [0, 0.1) is 19.8 Å². The van der Waals surface area contributed by atoms with E-state index in [-0.39, 0.29) is 23.3 Å². The number of aryl methyl sites for hydroxylation is 1. The van der Waals surface area contributed by atoms with Crippen LogP contribution in [0.25, 0.3) is 11.1 Å². The van der Waals surface area contributed by atoms with Crippen molar-refractivity contribution in [2.45, 2.75) is 53.0 Å². The van der Waals surface area contributed by atoms with Crippen LogP contribution in [0.1, 0.15) is 65.2 Å². The van der Waals surface area contributed by atoms with E-state index >= 15 is 0 Å². The third-order valence-electron chi connectivity index (χ3n) is 8.70. The van der Waals surface area contributed by atoms with E-state index in [0.717, 1.165) is 39.3 Å². The highest BCUT2D eigenvalue weighted by atomic mass is 32.2. The Morgan fingerprint density at radius 3 is 2.61 bits per heavy atom. The third-order valence-corrected chi connectivity index (χ3v) is 9.20. The number of benzene rings is 3. The second kappa shape index (κ2) is 13.9. The molecule has 2 atom stereocenters. The van der Waals surface area contributed by atoms with Gasteiger partial charge in [-0.05, 0) is 84.2 Å². The first kappa shape index (κ1) is 32.9. The van der Waals surface area contributed by atoms with E-state index in [1.807, 2.05) is 48.4 Å². The molecule has 2 N–H and O–H groups in total. The Morgan fingerprint density at radius 1 is 1.07 bits per heavy atom. The summed E-state index contributed by atoms with van der Waals surface area (Å²) in [4.78, 5) is 27.8. The van der Waals surface area contributed by atoms with Gasteiger partial charge in [0, 0.05) is 36.0 Å². The quantitative estimate of drug-likeness (QED) is 0.157. The highest BCUT2D eigenvalue weighted by molar-refractivity contribution is 7.85. The second-order valence-corrected chi connectivity index (χ2v) is 13.5. The van der Waals surface area contributed by atoms with Gasteiger partial charge in [-0.3, -0.25) is 18.8 Å². The molecule has 0 aliphatic carbocycles. The van der Waals surface area contributed by atoms with Gasteiger partial charge >= 0.3 is 0 Å². The Morgan fingerprint density at radius 2 is 1.83 bits per heavy atom. The summed E-state index contributed by atoms with van der Waals surface area (Å²) in [7, 11) is -4.32. The number of carbonyl (C=O) groups excluding carboxylic acids is 2. The molecule has 242 valence electrons. The van der Waals surface area contributed by atoms with Crippen LogP contribution in [-0.2, 0) is 21.5 Å².